The van der Waals surface area contributed by atoms with Gasteiger partial charge in [0, 0.05) is 5.97 Å². The van der Waals surface area contributed by atoms with E-state index in [2.05, 4.69) is 13.8 Å². The van der Waals surface area contributed by atoms with Crippen LogP contribution in [0.4, 0.5) is 0 Å². The van der Waals surface area contributed by atoms with E-state index in [4.69, 9.17) is 0 Å². The van der Waals surface area contributed by atoms with Crippen LogP contribution in [0.1, 0.15) is 213 Å². The zero-order valence-electron chi connectivity index (χ0n) is 31.3. The fourth-order valence-corrected chi connectivity index (χ4v) is 8.02. The molecule has 47 heavy (non-hydrogen) atoms. The number of hydrogen-bond acceptors (Lipinski definition) is 6. The first-order valence-corrected chi connectivity index (χ1v) is 20.5. The average molecular weight is 737 g/mol. The molecule has 0 saturated heterocycles. The van der Waals surface area contributed by atoms with Crippen LogP contribution < -0.4 is 113 Å². The number of hydrogen-bond donors (Lipinski definition) is 1. The van der Waals surface area contributed by atoms with Crippen molar-refractivity contribution in [1.82, 2.24) is 0 Å². The molecule has 0 bridgehead atoms. The molecular formula is C37H70K2O7S. The third kappa shape index (κ3) is 28.3. The number of carboxylic acids is 2. The van der Waals surface area contributed by atoms with Crippen molar-refractivity contribution >= 4 is 22.1 Å². The molecule has 0 aromatic heterocycles. The largest absolute Gasteiger partial charge is 1.00 e. The zero-order valence-corrected chi connectivity index (χ0v) is 38.4. The van der Waals surface area contributed by atoms with Gasteiger partial charge in [-0.05, 0) is 25.2 Å². The molecule has 0 radical (unpaired) electrons. The zero-order chi connectivity index (χ0) is 33.7. The molecule has 2 atom stereocenters. The molecule has 0 amide bonds. The molecule has 0 rings (SSSR count). The molecule has 0 aromatic rings. The Balaban J connectivity index is -0.00000968. The standard InChI is InChI=1S/C37H72O7S.2K/c1-3-5-7-9-11-13-15-17-19-21-23-25-27-29-31-34(33-35(38)39)37(36(40)41,45(42,43)44)32-30-28-26-24-22-20-18-16-14-12-10-8-6-4-2;;/h34H,3-33H2,1-2H3,(H,38,39)(H,40,41)(H,42,43,44);;/q;2*+1/p-2. The van der Waals surface area contributed by atoms with Crippen LogP contribution >= 0.6 is 0 Å². The van der Waals surface area contributed by atoms with E-state index in [0.29, 0.717) is 12.8 Å². The van der Waals surface area contributed by atoms with Gasteiger partial charge >= 0.3 is 103 Å². The summed E-state index contributed by atoms with van der Waals surface area (Å²) in [5, 5.41) is 23.9. The van der Waals surface area contributed by atoms with E-state index in [0.717, 1.165) is 51.4 Å². The fraction of sp³-hybridized carbons (Fsp3) is 0.946. The molecule has 0 aliphatic carbocycles. The molecule has 0 fully saturated rings. The summed E-state index contributed by atoms with van der Waals surface area (Å²) in [6.07, 6.45) is 30.3. The van der Waals surface area contributed by atoms with Gasteiger partial charge in [0.2, 0.25) is 0 Å². The topological polar surface area (TPSA) is 135 Å². The maximum Gasteiger partial charge on any atom is 1.00 e. The Kier molecular flexibility index (Phi) is 41.5. The van der Waals surface area contributed by atoms with Crippen LogP contribution in [0.15, 0.2) is 0 Å². The summed E-state index contributed by atoms with van der Waals surface area (Å²) >= 11 is 0. The maximum atomic E-state index is 12.6. The van der Waals surface area contributed by atoms with Crippen LogP contribution in [-0.2, 0) is 19.7 Å². The van der Waals surface area contributed by atoms with Crippen molar-refractivity contribution < 1.29 is 136 Å². The van der Waals surface area contributed by atoms with Gasteiger partial charge in [-0.15, -0.1) is 0 Å². The number of carboxylic acid groups (broad SMARTS) is 2. The van der Waals surface area contributed by atoms with Crippen LogP contribution in [0.3, 0.4) is 0 Å². The molecule has 1 N–H and O–H groups in total. The third-order valence-corrected chi connectivity index (χ3v) is 11.3. The normalized spacial score (nSPS) is 13.3. The number of carbonyl (C=O) groups excluding carboxylic acids is 2. The summed E-state index contributed by atoms with van der Waals surface area (Å²) in [6, 6.07) is 0. The van der Waals surface area contributed by atoms with Crippen molar-refractivity contribution in [1.29, 1.82) is 0 Å². The van der Waals surface area contributed by atoms with Crippen LogP contribution in [0.5, 0.6) is 0 Å². The summed E-state index contributed by atoms with van der Waals surface area (Å²) in [5.74, 6) is -4.71. The SMILES string of the molecule is CCCCCCCCCCCCCCCCC(CC(=O)[O-])C(CCCCCCCCCCCCCCCC)(C(=O)[O-])S(=O)(=O)O.[K+].[K+]. The van der Waals surface area contributed by atoms with Gasteiger partial charge in [-0.2, -0.15) is 8.42 Å². The fourth-order valence-electron chi connectivity index (χ4n) is 6.79. The molecule has 7 nitrogen and oxygen atoms in total. The first-order valence-electron chi connectivity index (χ1n) is 19.0. The van der Waals surface area contributed by atoms with E-state index in [1.165, 1.54) is 109 Å². The van der Waals surface area contributed by atoms with E-state index in [-0.39, 0.29) is 122 Å². The molecule has 10 heteroatoms. The van der Waals surface area contributed by atoms with E-state index >= 15 is 0 Å². The molecule has 0 aromatic carbocycles. The van der Waals surface area contributed by atoms with E-state index < -0.39 is 39.1 Å². The van der Waals surface area contributed by atoms with Crippen LogP contribution in [-0.4, -0.2) is 29.7 Å². The van der Waals surface area contributed by atoms with Crippen molar-refractivity contribution in [2.45, 2.75) is 218 Å². The molecule has 0 aliphatic rings. The Labute approximate surface area is 375 Å². The van der Waals surface area contributed by atoms with Crippen molar-refractivity contribution in [2.24, 2.45) is 5.92 Å². The van der Waals surface area contributed by atoms with E-state index in [1.807, 2.05) is 0 Å². The second-order valence-corrected chi connectivity index (χ2v) is 15.3. The second kappa shape index (κ2) is 36.5. The van der Waals surface area contributed by atoms with Crippen LogP contribution in [0.2, 0.25) is 0 Å². The molecule has 268 valence electrons. The molecule has 0 aliphatic heterocycles. The van der Waals surface area contributed by atoms with Gasteiger partial charge in [0.1, 0.15) is 4.75 Å². The number of aliphatic carboxylic acids is 2. The second-order valence-electron chi connectivity index (χ2n) is 13.7. The number of carbonyl (C=O) groups is 2. The first-order chi connectivity index (χ1) is 21.6. The van der Waals surface area contributed by atoms with Gasteiger partial charge in [-0.1, -0.05) is 194 Å². The van der Waals surface area contributed by atoms with E-state index in [1.54, 1.807) is 0 Å². The first kappa shape index (κ1) is 53.5. The quantitative estimate of drug-likeness (QED) is 0.0601. The van der Waals surface area contributed by atoms with Crippen molar-refractivity contribution in [3.63, 3.8) is 0 Å². The molecular weight excluding hydrogens is 667 g/mol. The van der Waals surface area contributed by atoms with Gasteiger partial charge in [-0.3, -0.25) is 4.55 Å². The monoisotopic (exact) mass is 736 g/mol. The van der Waals surface area contributed by atoms with Gasteiger partial charge in [0.25, 0.3) is 10.1 Å². The summed E-state index contributed by atoms with van der Waals surface area (Å²) in [6.45, 7) is 4.46. The third-order valence-electron chi connectivity index (χ3n) is 9.69. The summed E-state index contributed by atoms with van der Waals surface area (Å²) in [7, 11) is -5.11. The minimum absolute atomic E-state index is 0. The molecule has 0 heterocycles. The summed E-state index contributed by atoms with van der Waals surface area (Å²) < 4.78 is 32.6. The Hall–Kier alpha value is 2.12. The van der Waals surface area contributed by atoms with Gasteiger partial charge < -0.3 is 19.8 Å². The minimum Gasteiger partial charge on any atom is -0.550 e. The smallest absolute Gasteiger partial charge is 0.550 e. The van der Waals surface area contributed by atoms with Crippen molar-refractivity contribution in [3.05, 3.63) is 0 Å². The van der Waals surface area contributed by atoms with Crippen molar-refractivity contribution in [2.75, 3.05) is 0 Å². The molecule has 0 spiro atoms. The molecule has 2 unspecified atom stereocenters. The Morgan fingerprint density at radius 3 is 1.06 bits per heavy atom. The summed E-state index contributed by atoms with van der Waals surface area (Å²) in [4.78, 5) is 23.9. The predicted molar refractivity (Wildman–Crippen MR) is 182 cm³/mol. The van der Waals surface area contributed by atoms with Gasteiger partial charge in [0.05, 0.1) is 5.97 Å². The minimum atomic E-state index is -5.11. The number of rotatable bonds is 35. The maximum absolute atomic E-state index is 12.6. The van der Waals surface area contributed by atoms with Crippen LogP contribution in [0.25, 0.3) is 0 Å². The predicted octanol–water partition coefficient (Wildman–Crippen LogP) is 2.87. The van der Waals surface area contributed by atoms with Gasteiger partial charge in [0.15, 0.2) is 0 Å². The Morgan fingerprint density at radius 1 is 0.532 bits per heavy atom. The van der Waals surface area contributed by atoms with Crippen molar-refractivity contribution in [3.8, 4) is 0 Å². The Bertz CT molecular complexity index is 826. The average Bonchev–Trinajstić information content (AvgIpc) is 2.98. The number of unbranched alkanes of at least 4 members (excludes halogenated alkanes) is 26. The summed E-state index contributed by atoms with van der Waals surface area (Å²) in [5.41, 5.74) is 0. The van der Waals surface area contributed by atoms with E-state index in [9.17, 15) is 32.8 Å². The Morgan fingerprint density at radius 2 is 0.809 bits per heavy atom. The van der Waals surface area contributed by atoms with Crippen LogP contribution in [0, 0.1) is 5.92 Å². The van der Waals surface area contributed by atoms with Gasteiger partial charge in [-0.25, -0.2) is 0 Å². The molecule has 0 saturated carbocycles.